The minimum Gasteiger partial charge on any atom is -0.493 e. The molecule has 0 saturated heterocycles. The number of amides is 1. The molecule has 2 aromatic rings. The lowest BCUT2D eigenvalue weighted by Gasteiger charge is -2.19. The minimum atomic E-state index is -0.221. The van der Waals surface area contributed by atoms with E-state index in [2.05, 4.69) is 5.32 Å². The van der Waals surface area contributed by atoms with Gasteiger partial charge in [0.15, 0.2) is 18.1 Å². The third-order valence-electron chi connectivity index (χ3n) is 3.75. The van der Waals surface area contributed by atoms with Gasteiger partial charge in [0.2, 0.25) is 0 Å². The maximum absolute atomic E-state index is 12.2. The van der Waals surface area contributed by atoms with Crippen molar-refractivity contribution in [3.05, 3.63) is 53.1 Å². The molecule has 1 amide bonds. The molecule has 0 unspecified atom stereocenters. The predicted octanol–water partition coefficient (Wildman–Crippen LogP) is 4.00. The number of nitrogens with one attached hydrogen (secondary N) is 1. The normalized spacial score (nSPS) is 11.5. The van der Waals surface area contributed by atoms with Gasteiger partial charge in [-0.15, -0.1) is 0 Å². The average Bonchev–Trinajstić information content (AvgIpc) is 2.64. The standard InChI is InChI=1S/C19H22ClNO4/c1-4-15(13-9-10-17(23-2)18(11-13)24-3)21-19(22)12-25-16-8-6-5-7-14(16)20/h5-11,15H,4,12H2,1-3H3,(H,21,22)/t15-/m1/s1. The van der Waals surface area contributed by atoms with E-state index in [1.807, 2.05) is 25.1 Å². The van der Waals surface area contributed by atoms with Crippen LogP contribution < -0.4 is 19.5 Å². The molecule has 0 aliphatic carbocycles. The largest absolute Gasteiger partial charge is 0.493 e. The maximum Gasteiger partial charge on any atom is 0.258 e. The highest BCUT2D eigenvalue weighted by atomic mass is 35.5. The predicted molar refractivity (Wildman–Crippen MR) is 97.7 cm³/mol. The van der Waals surface area contributed by atoms with Crippen LogP contribution in [0.1, 0.15) is 24.9 Å². The van der Waals surface area contributed by atoms with Crippen LogP contribution in [0.15, 0.2) is 42.5 Å². The van der Waals surface area contributed by atoms with E-state index in [1.165, 1.54) is 0 Å². The van der Waals surface area contributed by atoms with Gasteiger partial charge in [-0.05, 0) is 36.2 Å². The van der Waals surface area contributed by atoms with Gasteiger partial charge in [-0.3, -0.25) is 4.79 Å². The van der Waals surface area contributed by atoms with Gasteiger partial charge >= 0.3 is 0 Å². The molecule has 6 heteroatoms. The molecular weight excluding hydrogens is 342 g/mol. The van der Waals surface area contributed by atoms with Crippen LogP contribution in [0.3, 0.4) is 0 Å². The number of halogens is 1. The zero-order valence-electron chi connectivity index (χ0n) is 14.5. The fourth-order valence-electron chi connectivity index (χ4n) is 2.43. The Balaban J connectivity index is 2.01. The van der Waals surface area contributed by atoms with Crippen LogP contribution >= 0.6 is 11.6 Å². The minimum absolute atomic E-state index is 0.104. The van der Waals surface area contributed by atoms with Crippen LogP contribution in [0.5, 0.6) is 17.2 Å². The molecule has 0 fully saturated rings. The number of carbonyl (C=O) groups excluding carboxylic acids is 1. The summed E-state index contributed by atoms with van der Waals surface area (Å²) < 4.78 is 16.0. The van der Waals surface area contributed by atoms with Crippen molar-refractivity contribution >= 4 is 17.5 Å². The Morgan fingerprint density at radius 2 is 1.80 bits per heavy atom. The van der Waals surface area contributed by atoms with E-state index in [1.54, 1.807) is 38.5 Å². The van der Waals surface area contributed by atoms with E-state index < -0.39 is 0 Å². The van der Waals surface area contributed by atoms with E-state index >= 15 is 0 Å². The van der Waals surface area contributed by atoms with Crippen molar-refractivity contribution in [1.29, 1.82) is 0 Å². The number of hydrogen-bond acceptors (Lipinski definition) is 4. The Morgan fingerprint density at radius 3 is 2.44 bits per heavy atom. The zero-order valence-corrected chi connectivity index (χ0v) is 15.3. The summed E-state index contributed by atoms with van der Waals surface area (Å²) in [5, 5.41) is 3.43. The van der Waals surface area contributed by atoms with Crippen molar-refractivity contribution in [3.8, 4) is 17.2 Å². The highest BCUT2D eigenvalue weighted by Crippen LogP contribution is 2.31. The molecular formula is C19H22ClNO4. The first-order valence-corrected chi connectivity index (χ1v) is 8.35. The Labute approximate surface area is 152 Å². The second-order valence-corrected chi connectivity index (χ2v) is 5.77. The van der Waals surface area contributed by atoms with E-state index in [0.29, 0.717) is 22.3 Å². The first kappa shape index (κ1) is 18.9. The van der Waals surface area contributed by atoms with Crippen LogP contribution in [-0.4, -0.2) is 26.7 Å². The summed E-state index contributed by atoms with van der Waals surface area (Å²) in [6.07, 6.45) is 0.729. The van der Waals surface area contributed by atoms with E-state index in [4.69, 9.17) is 25.8 Å². The fourth-order valence-corrected chi connectivity index (χ4v) is 2.62. The number of hydrogen-bond donors (Lipinski definition) is 1. The molecule has 0 aliphatic heterocycles. The molecule has 1 atom stereocenters. The summed E-state index contributed by atoms with van der Waals surface area (Å²) >= 11 is 6.02. The third-order valence-corrected chi connectivity index (χ3v) is 4.06. The van der Waals surface area contributed by atoms with Crippen LogP contribution in [0.25, 0.3) is 0 Å². The van der Waals surface area contributed by atoms with Gasteiger partial charge in [0, 0.05) is 0 Å². The van der Waals surface area contributed by atoms with Gasteiger partial charge < -0.3 is 19.5 Å². The number of benzene rings is 2. The van der Waals surface area contributed by atoms with Gasteiger partial charge in [-0.2, -0.15) is 0 Å². The van der Waals surface area contributed by atoms with Gasteiger partial charge in [-0.25, -0.2) is 0 Å². The molecule has 1 N–H and O–H groups in total. The van der Waals surface area contributed by atoms with Gasteiger partial charge in [0.25, 0.3) is 5.91 Å². The second kappa shape index (κ2) is 9.18. The zero-order chi connectivity index (χ0) is 18.2. The quantitative estimate of drug-likeness (QED) is 0.770. The summed E-state index contributed by atoms with van der Waals surface area (Å²) in [6, 6.07) is 12.5. The first-order chi connectivity index (χ1) is 12.1. The second-order valence-electron chi connectivity index (χ2n) is 5.36. The molecule has 2 rings (SSSR count). The number of para-hydroxylation sites is 1. The molecule has 0 radical (unpaired) electrons. The summed E-state index contributed by atoms with van der Waals surface area (Å²) in [5.74, 6) is 1.54. The molecule has 0 saturated carbocycles. The third kappa shape index (κ3) is 5.03. The lowest BCUT2D eigenvalue weighted by atomic mass is 10.0. The number of methoxy groups -OCH3 is 2. The Bertz CT molecular complexity index is 720. The molecule has 5 nitrogen and oxygen atoms in total. The fraction of sp³-hybridized carbons (Fsp3) is 0.316. The van der Waals surface area contributed by atoms with Gasteiger partial charge in [-0.1, -0.05) is 36.7 Å². The summed E-state index contributed by atoms with van der Waals surface area (Å²) in [4.78, 5) is 12.2. The molecule has 0 aromatic heterocycles. The summed E-state index contributed by atoms with van der Waals surface area (Å²) in [7, 11) is 3.17. The van der Waals surface area contributed by atoms with Crippen LogP contribution in [-0.2, 0) is 4.79 Å². The van der Waals surface area contributed by atoms with Crippen molar-refractivity contribution in [1.82, 2.24) is 5.32 Å². The molecule has 0 heterocycles. The van der Waals surface area contributed by atoms with Crippen molar-refractivity contribution in [2.45, 2.75) is 19.4 Å². The first-order valence-electron chi connectivity index (χ1n) is 7.97. The van der Waals surface area contributed by atoms with E-state index in [0.717, 1.165) is 12.0 Å². The van der Waals surface area contributed by atoms with Crippen molar-refractivity contribution in [2.24, 2.45) is 0 Å². The molecule has 0 spiro atoms. The molecule has 0 bridgehead atoms. The Hall–Kier alpha value is -2.40. The SMILES string of the molecule is CC[C@@H](NC(=O)COc1ccccc1Cl)c1ccc(OC)c(OC)c1. The number of ether oxygens (including phenoxy) is 3. The van der Waals surface area contributed by atoms with Crippen molar-refractivity contribution < 1.29 is 19.0 Å². The highest BCUT2D eigenvalue weighted by molar-refractivity contribution is 6.32. The lowest BCUT2D eigenvalue weighted by molar-refractivity contribution is -0.123. The van der Waals surface area contributed by atoms with E-state index in [9.17, 15) is 4.79 Å². The smallest absolute Gasteiger partial charge is 0.258 e. The Morgan fingerprint density at radius 1 is 1.08 bits per heavy atom. The van der Waals surface area contributed by atoms with Crippen LogP contribution in [0, 0.1) is 0 Å². The van der Waals surface area contributed by atoms with Crippen LogP contribution in [0.4, 0.5) is 0 Å². The van der Waals surface area contributed by atoms with E-state index in [-0.39, 0.29) is 18.6 Å². The molecule has 0 aliphatic rings. The molecule has 2 aromatic carbocycles. The summed E-state index contributed by atoms with van der Waals surface area (Å²) in [6.45, 7) is 1.89. The maximum atomic E-state index is 12.2. The molecule has 25 heavy (non-hydrogen) atoms. The topological polar surface area (TPSA) is 56.8 Å². The number of rotatable bonds is 8. The Kier molecular flexibility index (Phi) is 6.95. The highest BCUT2D eigenvalue weighted by Gasteiger charge is 2.16. The average molecular weight is 364 g/mol. The van der Waals surface area contributed by atoms with Crippen molar-refractivity contribution in [3.63, 3.8) is 0 Å². The number of carbonyl (C=O) groups is 1. The van der Waals surface area contributed by atoms with Crippen LogP contribution in [0.2, 0.25) is 5.02 Å². The van der Waals surface area contributed by atoms with Gasteiger partial charge in [0.05, 0.1) is 25.3 Å². The molecule has 134 valence electrons. The summed E-state index contributed by atoms with van der Waals surface area (Å²) in [5.41, 5.74) is 0.936. The van der Waals surface area contributed by atoms with Gasteiger partial charge in [0.1, 0.15) is 5.75 Å². The monoisotopic (exact) mass is 363 g/mol. The van der Waals surface area contributed by atoms with Crippen molar-refractivity contribution in [2.75, 3.05) is 20.8 Å². The lowest BCUT2D eigenvalue weighted by Crippen LogP contribution is -2.32.